The first-order valence-corrected chi connectivity index (χ1v) is 8.74. The Morgan fingerprint density at radius 1 is 0.857 bits per heavy atom. The molecule has 3 heteroatoms. The number of rotatable bonds is 5. The van der Waals surface area contributed by atoms with Crippen LogP contribution in [-0.4, -0.2) is 6.26 Å². The van der Waals surface area contributed by atoms with Crippen molar-refractivity contribution in [1.82, 2.24) is 0 Å². The van der Waals surface area contributed by atoms with E-state index < -0.39 is 0 Å². The molecule has 0 saturated heterocycles. The summed E-state index contributed by atoms with van der Waals surface area (Å²) >= 11 is 1.78. The molecule has 0 spiro atoms. The lowest BCUT2D eigenvalue weighted by Crippen LogP contribution is -2.38. The summed E-state index contributed by atoms with van der Waals surface area (Å²) in [5, 5.41) is 0. The van der Waals surface area contributed by atoms with Gasteiger partial charge in [-0.1, -0.05) is 20.8 Å². The molecule has 112 valence electrons. The largest absolute Gasteiger partial charge is 0.205 e. The third kappa shape index (κ3) is 4.85. The summed E-state index contributed by atoms with van der Waals surface area (Å²) in [5.74, 6) is 0. The summed E-state index contributed by atoms with van der Waals surface area (Å²) in [6.07, 6.45) is 12.0. The lowest BCUT2D eigenvalue weighted by atomic mass is 9.88. The molecule has 0 aliphatic rings. The van der Waals surface area contributed by atoms with Gasteiger partial charge in [-0.05, 0) is 17.2 Å². The lowest BCUT2D eigenvalue weighted by Gasteiger charge is -2.17. The van der Waals surface area contributed by atoms with Crippen molar-refractivity contribution in [2.75, 3.05) is 6.26 Å². The van der Waals surface area contributed by atoms with E-state index in [2.05, 4.69) is 85.2 Å². The van der Waals surface area contributed by atoms with Gasteiger partial charge < -0.3 is 0 Å². The molecule has 0 saturated carbocycles. The molecule has 21 heavy (non-hydrogen) atoms. The maximum absolute atomic E-state index is 2.27. The van der Waals surface area contributed by atoms with Crippen molar-refractivity contribution in [1.29, 1.82) is 0 Å². The number of nitrogens with zero attached hydrogens (tertiary/aromatic N) is 2. The first kappa shape index (κ1) is 16.0. The molecule has 0 unspecified atom stereocenters. The quantitative estimate of drug-likeness (QED) is 0.607. The maximum atomic E-state index is 2.27. The van der Waals surface area contributed by atoms with E-state index in [9.17, 15) is 0 Å². The zero-order valence-electron chi connectivity index (χ0n) is 13.5. The number of hydrogen-bond acceptors (Lipinski definition) is 1. The summed E-state index contributed by atoms with van der Waals surface area (Å²) in [5.41, 5.74) is 1.62. The van der Waals surface area contributed by atoms with Gasteiger partial charge in [0.15, 0.2) is 37.9 Å². The fourth-order valence-corrected chi connectivity index (χ4v) is 2.66. The van der Waals surface area contributed by atoms with Crippen molar-refractivity contribution in [3.63, 3.8) is 0 Å². The fourth-order valence-electron chi connectivity index (χ4n) is 2.27. The first-order chi connectivity index (χ1) is 9.99. The minimum absolute atomic E-state index is 0.230. The molecule has 0 aromatic carbocycles. The van der Waals surface area contributed by atoms with Gasteiger partial charge in [0.25, 0.3) is 0 Å². The summed E-state index contributed by atoms with van der Waals surface area (Å²) in [7, 11) is 0. The highest BCUT2D eigenvalue weighted by atomic mass is 32.2. The smallest absolute Gasteiger partial charge is 0.169 e. The van der Waals surface area contributed by atoms with Gasteiger partial charge in [0.05, 0.1) is 6.42 Å². The van der Waals surface area contributed by atoms with Crippen LogP contribution in [0.4, 0.5) is 0 Å². The number of hydrogen-bond donors (Lipinski definition) is 0. The number of aryl methyl sites for hydroxylation is 2. The Morgan fingerprint density at radius 2 is 1.33 bits per heavy atom. The van der Waals surface area contributed by atoms with Crippen molar-refractivity contribution < 1.29 is 9.13 Å². The van der Waals surface area contributed by atoms with Crippen molar-refractivity contribution in [2.45, 2.75) is 50.6 Å². The highest BCUT2D eigenvalue weighted by molar-refractivity contribution is 7.98. The summed E-state index contributed by atoms with van der Waals surface area (Å²) in [4.78, 5) is 1.32. The van der Waals surface area contributed by atoms with Crippen LogP contribution in [0, 0.1) is 0 Å². The van der Waals surface area contributed by atoms with Crippen molar-refractivity contribution >= 4 is 11.8 Å². The van der Waals surface area contributed by atoms with Gasteiger partial charge >= 0.3 is 0 Å². The number of thioether (sulfide) groups is 1. The average molecular weight is 302 g/mol. The van der Waals surface area contributed by atoms with E-state index in [0.29, 0.717) is 0 Å². The molecule has 2 nitrogen and oxygen atoms in total. The Balaban J connectivity index is 1.85. The summed E-state index contributed by atoms with van der Waals surface area (Å²) in [6, 6.07) is 8.83. The van der Waals surface area contributed by atoms with E-state index in [1.807, 2.05) is 0 Å². The van der Waals surface area contributed by atoms with Crippen LogP contribution < -0.4 is 9.13 Å². The third-order valence-electron chi connectivity index (χ3n) is 3.69. The van der Waals surface area contributed by atoms with E-state index in [-0.39, 0.29) is 5.41 Å². The molecule has 0 aliphatic heterocycles. The van der Waals surface area contributed by atoms with Crippen molar-refractivity contribution in [3.05, 3.63) is 54.6 Å². The molecular formula is C18H26N2S+2. The van der Waals surface area contributed by atoms with E-state index in [0.717, 1.165) is 19.5 Å². The van der Waals surface area contributed by atoms with Crippen LogP contribution in [0.1, 0.15) is 32.8 Å². The molecule has 0 N–H and O–H groups in total. The van der Waals surface area contributed by atoms with Crippen LogP contribution in [0.2, 0.25) is 0 Å². The topological polar surface area (TPSA) is 7.76 Å². The molecule has 2 aromatic heterocycles. The predicted molar refractivity (Wildman–Crippen MR) is 88.4 cm³/mol. The fraction of sp³-hybridized carbons (Fsp3) is 0.444. The highest BCUT2D eigenvalue weighted by Crippen LogP contribution is 2.20. The lowest BCUT2D eigenvalue weighted by molar-refractivity contribution is -0.727. The first-order valence-electron chi connectivity index (χ1n) is 7.52. The second-order valence-corrected chi connectivity index (χ2v) is 7.28. The SMILES string of the molecule is CSc1cc[n+](CCC[n+]2ccc(C(C)(C)C)cc2)cc1. The van der Waals surface area contributed by atoms with E-state index in [4.69, 9.17) is 0 Å². The molecule has 0 aliphatic carbocycles. The Morgan fingerprint density at radius 3 is 1.76 bits per heavy atom. The maximum Gasteiger partial charge on any atom is 0.169 e. The van der Waals surface area contributed by atoms with Crippen molar-refractivity contribution in [2.24, 2.45) is 0 Å². The van der Waals surface area contributed by atoms with Gasteiger partial charge in [0.1, 0.15) is 0 Å². The second-order valence-electron chi connectivity index (χ2n) is 6.40. The average Bonchev–Trinajstić information content (AvgIpc) is 2.47. The monoisotopic (exact) mass is 302 g/mol. The Labute approximate surface area is 132 Å². The normalized spacial score (nSPS) is 11.6. The van der Waals surface area contributed by atoms with Gasteiger partial charge in [-0.3, -0.25) is 0 Å². The molecule has 0 amide bonds. The standard InChI is InChI=1S/C18H26N2S/c1-18(2,3)16-6-12-19(13-7-16)10-5-11-20-14-8-17(21-4)9-15-20/h6-9,12-15H,5,10-11H2,1-4H3/q+2. The zero-order valence-corrected chi connectivity index (χ0v) is 14.4. The third-order valence-corrected chi connectivity index (χ3v) is 4.43. The van der Waals surface area contributed by atoms with E-state index >= 15 is 0 Å². The molecule has 2 heterocycles. The Bertz CT molecular complexity index is 553. The molecule has 0 radical (unpaired) electrons. The Hall–Kier alpha value is -1.35. The van der Waals surface area contributed by atoms with Gasteiger partial charge in [-0.25, -0.2) is 9.13 Å². The van der Waals surface area contributed by atoms with Gasteiger partial charge in [-0.15, -0.1) is 11.8 Å². The van der Waals surface area contributed by atoms with Crippen LogP contribution in [0.15, 0.2) is 53.9 Å². The summed E-state index contributed by atoms with van der Waals surface area (Å²) in [6.45, 7) is 8.87. The zero-order chi connectivity index (χ0) is 15.3. The second kappa shape index (κ2) is 7.08. The van der Waals surface area contributed by atoms with Crippen LogP contribution in [0.25, 0.3) is 0 Å². The minimum atomic E-state index is 0.230. The van der Waals surface area contributed by atoms with Crippen LogP contribution >= 0.6 is 11.8 Å². The number of pyridine rings is 2. The van der Waals surface area contributed by atoms with Crippen molar-refractivity contribution in [3.8, 4) is 0 Å². The highest BCUT2D eigenvalue weighted by Gasteiger charge is 2.14. The molecule has 0 bridgehead atoms. The molecule has 2 rings (SSSR count). The molecule has 2 aromatic rings. The van der Waals surface area contributed by atoms with E-state index in [1.165, 1.54) is 10.5 Å². The van der Waals surface area contributed by atoms with Crippen LogP contribution in [0.5, 0.6) is 0 Å². The molecular weight excluding hydrogens is 276 g/mol. The number of aromatic nitrogens is 2. The van der Waals surface area contributed by atoms with E-state index in [1.54, 1.807) is 11.8 Å². The van der Waals surface area contributed by atoms with Crippen LogP contribution in [0.3, 0.4) is 0 Å². The molecule has 0 fully saturated rings. The Kier molecular flexibility index (Phi) is 5.40. The van der Waals surface area contributed by atoms with Gasteiger partial charge in [0, 0.05) is 29.2 Å². The van der Waals surface area contributed by atoms with Crippen LogP contribution in [-0.2, 0) is 18.5 Å². The summed E-state index contributed by atoms with van der Waals surface area (Å²) < 4.78 is 4.52. The minimum Gasteiger partial charge on any atom is -0.205 e. The predicted octanol–water partition coefficient (Wildman–Crippen LogP) is 3.37. The van der Waals surface area contributed by atoms with Gasteiger partial charge in [-0.2, -0.15) is 0 Å². The van der Waals surface area contributed by atoms with Gasteiger partial charge in [0.2, 0.25) is 0 Å². The molecule has 0 atom stereocenters.